The van der Waals surface area contributed by atoms with Crippen LogP contribution in [0, 0.1) is 23.2 Å². The van der Waals surface area contributed by atoms with E-state index in [1.807, 2.05) is 6.92 Å². The lowest BCUT2D eigenvalue weighted by Gasteiger charge is -2.47. The molecule has 1 fully saturated rings. The molecule has 0 spiro atoms. The fourth-order valence-electron chi connectivity index (χ4n) is 3.55. The summed E-state index contributed by atoms with van der Waals surface area (Å²) in [7, 11) is 0. The number of carbonyl (C=O) groups excluding carboxylic acids is 1. The SMILES string of the molecule is CC(CO)C1=C[C@]2(C)[C@@H](CCC[C@H]2C)CC1=O. The molecule has 1 saturated carbocycles. The van der Waals surface area contributed by atoms with Gasteiger partial charge in [0, 0.05) is 18.9 Å². The molecule has 4 atom stereocenters. The van der Waals surface area contributed by atoms with E-state index in [2.05, 4.69) is 19.9 Å². The Morgan fingerprint density at radius 1 is 1.53 bits per heavy atom. The van der Waals surface area contributed by atoms with E-state index >= 15 is 0 Å². The van der Waals surface area contributed by atoms with Crippen LogP contribution in [0.15, 0.2) is 11.6 Å². The van der Waals surface area contributed by atoms with Gasteiger partial charge in [-0.2, -0.15) is 0 Å². The van der Waals surface area contributed by atoms with E-state index in [4.69, 9.17) is 0 Å². The van der Waals surface area contributed by atoms with Gasteiger partial charge in [0.25, 0.3) is 0 Å². The van der Waals surface area contributed by atoms with Crippen LogP contribution in [0.25, 0.3) is 0 Å². The van der Waals surface area contributed by atoms with Crippen LogP contribution in [-0.2, 0) is 4.79 Å². The number of fused-ring (bicyclic) bond motifs is 1. The number of allylic oxidation sites excluding steroid dienone is 1. The van der Waals surface area contributed by atoms with Gasteiger partial charge in [-0.05, 0) is 35.7 Å². The van der Waals surface area contributed by atoms with Gasteiger partial charge < -0.3 is 5.11 Å². The van der Waals surface area contributed by atoms with Gasteiger partial charge in [0.2, 0.25) is 0 Å². The molecular weight excluding hydrogens is 212 g/mol. The summed E-state index contributed by atoms with van der Waals surface area (Å²) in [5, 5.41) is 9.26. The second kappa shape index (κ2) is 4.56. The minimum Gasteiger partial charge on any atom is -0.396 e. The number of ketones is 1. The molecule has 0 aliphatic heterocycles. The van der Waals surface area contributed by atoms with E-state index in [0.717, 1.165) is 5.57 Å². The summed E-state index contributed by atoms with van der Waals surface area (Å²) < 4.78 is 0. The molecule has 0 amide bonds. The molecule has 96 valence electrons. The van der Waals surface area contributed by atoms with Crippen LogP contribution in [0.5, 0.6) is 0 Å². The Morgan fingerprint density at radius 2 is 2.24 bits per heavy atom. The Labute approximate surface area is 104 Å². The average Bonchev–Trinajstić information content (AvgIpc) is 2.31. The van der Waals surface area contributed by atoms with Gasteiger partial charge in [-0.1, -0.05) is 33.3 Å². The maximum Gasteiger partial charge on any atom is 0.159 e. The predicted molar refractivity (Wildman–Crippen MR) is 68.6 cm³/mol. The lowest BCUT2D eigenvalue weighted by atomic mass is 9.57. The minimum atomic E-state index is -0.00518. The van der Waals surface area contributed by atoms with Crippen molar-refractivity contribution in [2.24, 2.45) is 23.2 Å². The third kappa shape index (κ3) is 2.08. The van der Waals surface area contributed by atoms with Crippen LogP contribution in [0.1, 0.15) is 46.5 Å². The first-order chi connectivity index (χ1) is 7.99. The van der Waals surface area contributed by atoms with Crippen molar-refractivity contribution in [3.8, 4) is 0 Å². The number of hydrogen-bond donors (Lipinski definition) is 1. The topological polar surface area (TPSA) is 37.3 Å². The highest BCUT2D eigenvalue weighted by Gasteiger charge is 2.44. The Kier molecular flexibility index (Phi) is 3.44. The zero-order valence-electron chi connectivity index (χ0n) is 11.2. The third-order valence-corrected chi connectivity index (χ3v) is 5.16. The van der Waals surface area contributed by atoms with Crippen molar-refractivity contribution >= 4 is 5.78 Å². The van der Waals surface area contributed by atoms with Crippen LogP contribution >= 0.6 is 0 Å². The van der Waals surface area contributed by atoms with Crippen molar-refractivity contribution in [3.05, 3.63) is 11.6 Å². The molecule has 0 saturated heterocycles. The maximum absolute atomic E-state index is 12.1. The highest BCUT2D eigenvalue weighted by Crippen LogP contribution is 2.51. The van der Waals surface area contributed by atoms with E-state index < -0.39 is 0 Å². The van der Waals surface area contributed by atoms with Gasteiger partial charge >= 0.3 is 0 Å². The van der Waals surface area contributed by atoms with Gasteiger partial charge in [0.1, 0.15) is 0 Å². The first kappa shape index (κ1) is 12.8. The minimum absolute atomic E-state index is 0.00518. The van der Waals surface area contributed by atoms with Crippen molar-refractivity contribution < 1.29 is 9.90 Å². The van der Waals surface area contributed by atoms with E-state index in [0.29, 0.717) is 18.3 Å². The number of Topliss-reactive ketones (excluding diaryl/α,β-unsaturated/α-hetero) is 1. The van der Waals surface area contributed by atoms with Crippen LogP contribution in [0.2, 0.25) is 0 Å². The van der Waals surface area contributed by atoms with E-state index in [1.54, 1.807) is 0 Å². The molecule has 0 aromatic heterocycles. The van der Waals surface area contributed by atoms with Crippen LogP contribution in [-0.4, -0.2) is 17.5 Å². The maximum atomic E-state index is 12.1. The third-order valence-electron chi connectivity index (χ3n) is 5.16. The molecule has 2 nitrogen and oxygen atoms in total. The molecule has 1 unspecified atom stereocenters. The zero-order chi connectivity index (χ0) is 12.6. The average molecular weight is 236 g/mol. The molecule has 0 aromatic carbocycles. The van der Waals surface area contributed by atoms with Crippen molar-refractivity contribution in [1.29, 1.82) is 0 Å². The summed E-state index contributed by atoms with van der Waals surface area (Å²) in [5.74, 6) is 1.43. The van der Waals surface area contributed by atoms with E-state index in [-0.39, 0.29) is 23.7 Å². The number of carbonyl (C=O) groups is 1. The quantitative estimate of drug-likeness (QED) is 0.800. The fraction of sp³-hybridized carbons (Fsp3) is 0.800. The Bertz CT molecular complexity index is 345. The van der Waals surface area contributed by atoms with Crippen molar-refractivity contribution in [2.75, 3.05) is 6.61 Å². The Hall–Kier alpha value is -0.630. The lowest BCUT2D eigenvalue weighted by Crippen LogP contribution is -2.41. The molecule has 1 N–H and O–H groups in total. The molecular formula is C15H24O2. The zero-order valence-corrected chi connectivity index (χ0v) is 11.2. The highest BCUT2D eigenvalue weighted by atomic mass is 16.3. The molecule has 2 heteroatoms. The van der Waals surface area contributed by atoms with Crippen LogP contribution in [0.3, 0.4) is 0 Å². The number of rotatable bonds is 2. The van der Waals surface area contributed by atoms with E-state index in [1.165, 1.54) is 19.3 Å². The normalized spacial score (nSPS) is 39.5. The summed E-state index contributed by atoms with van der Waals surface area (Å²) in [6.45, 7) is 6.63. The lowest BCUT2D eigenvalue weighted by molar-refractivity contribution is -0.120. The molecule has 2 rings (SSSR count). The van der Waals surface area contributed by atoms with Crippen LogP contribution < -0.4 is 0 Å². The van der Waals surface area contributed by atoms with Gasteiger partial charge in [-0.25, -0.2) is 0 Å². The Balaban J connectivity index is 2.36. The van der Waals surface area contributed by atoms with Gasteiger partial charge in [-0.3, -0.25) is 4.79 Å². The molecule has 2 aliphatic rings. The molecule has 0 aromatic rings. The largest absolute Gasteiger partial charge is 0.396 e. The van der Waals surface area contributed by atoms with Crippen molar-refractivity contribution in [1.82, 2.24) is 0 Å². The summed E-state index contributed by atoms with van der Waals surface area (Å²) in [6.07, 6.45) is 6.60. The summed E-state index contributed by atoms with van der Waals surface area (Å²) >= 11 is 0. The standard InChI is InChI=1S/C15H24O2/c1-10(9-16)13-8-15(3)11(2)5-4-6-12(15)7-14(13)17/h8,10-12,16H,4-7,9H2,1-3H3/t10?,11-,12+,15+/m1/s1. The highest BCUT2D eigenvalue weighted by molar-refractivity contribution is 5.97. The Morgan fingerprint density at radius 3 is 2.88 bits per heavy atom. The second-order valence-corrected chi connectivity index (χ2v) is 6.21. The van der Waals surface area contributed by atoms with Gasteiger partial charge in [0.05, 0.1) is 0 Å². The molecule has 0 radical (unpaired) electrons. The van der Waals surface area contributed by atoms with E-state index in [9.17, 15) is 9.90 Å². The molecule has 2 aliphatic carbocycles. The van der Waals surface area contributed by atoms with Crippen LogP contribution in [0.4, 0.5) is 0 Å². The number of aliphatic hydroxyl groups is 1. The number of aliphatic hydroxyl groups excluding tert-OH is 1. The van der Waals surface area contributed by atoms with Gasteiger partial charge in [-0.15, -0.1) is 0 Å². The first-order valence-electron chi connectivity index (χ1n) is 6.85. The summed E-state index contributed by atoms with van der Waals surface area (Å²) in [4.78, 5) is 12.1. The summed E-state index contributed by atoms with van der Waals surface area (Å²) in [6, 6.07) is 0. The fourth-order valence-corrected chi connectivity index (χ4v) is 3.55. The number of hydrogen-bond acceptors (Lipinski definition) is 2. The van der Waals surface area contributed by atoms with Gasteiger partial charge in [0.15, 0.2) is 5.78 Å². The monoisotopic (exact) mass is 236 g/mol. The summed E-state index contributed by atoms with van der Waals surface area (Å²) in [5.41, 5.74) is 1.05. The van der Waals surface area contributed by atoms with Crippen molar-refractivity contribution in [2.45, 2.75) is 46.5 Å². The predicted octanol–water partition coefficient (Wildman–Crippen LogP) is 2.96. The smallest absolute Gasteiger partial charge is 0.159 e. The van der Waals surface area contributed by atoms with Crippen molar-refractivity contribution in [3.63, 3.8) is 0 Å². The molecule has 0 heterocycles. The molecule has 0 bridgehead atoms. The second-order valence-electron chi connectivity index (χ2n) is 6.21. The first-order valence-corrected chi connectivity index (χ1v) is 6.85. The molecule has 17 heavy (non-hydrogen) atoms.